The lowest BCUT2D eigenvalue weighted by molar-refractivity contribution is -0.140. The molecule has 2 aromatic rings. The number of hydrogen-bond donors (Lipinski definition) is 2. The highest BCUT2D eigenvalue weighted by Gasteiger charge is 2.39. The summed E-state index contributed by atoms with van der Waals surface area (Å²) in [5.41, 5.74) is 2.01. The molecule has 2 atom stereocenters. The quantitative estimate of drug-likeness (QED) is 0.619. The average Bonchev–Trinajstić information content (AvgIpc) is 3.24. The third-order valence-corrected chi connectivity index (χ3v) is 4.50. The first-order valence-electron chi connectivity index (χ1n) is 7.89. The highest BCUT2D eigenvalue weighted by molar-refractivity contribution is 7.80. The molecule has 6 nitrogen and oxygen atoms in total. The Morgan fingerprint density at radius 3 is 2.92 bits per heavy atom. The summed E-state index contributed by atoms with van der Waals surface area (Å²) in [4.78, 5) is 21.2. The van der Waals surface area contributed by atoms with Gasteiger partial charge >= 0.3 is 5.97 Å². The van der Waals surface area contributed by atoms with E-state index in [0.717, 1.165) is 11.4 Å². The normalized spacial score (nSPS) is 20.0. The minimum Gasteiger partial charge on any atom is -0.469 e. The van der Waals surface area contributed by atoms with Gasteiger partial charge < -0.3 is 19.9 Å². The molecule has 24 heavy (non-hydrogen) atoms. The summed E-state index contributed by atoms with van der Waals surface area (Å²) in [6.45, 7) is 0.675. The van der Waals surface area contributed by atoms with Crippen molar-refractivity contribution in [2.45, 2.75) is 24.9 Å². The van der Waals surface area contributed by atoms with Crippen LogP contribution >= 0.6 is 12.2 Å². The molecular weight excluding hydrogens is 324 g/mol. The summed E-state index contributed by atoms with van der Waals surface area (Å²) in [7, 11) is 1.41. The number of H-pyrrole nitrogens is 1. The minimum atomic E-state index is -0.203. The first-order chi connectivity index (χ1) is 11.7. The third kappa shape index (κ3) is 3.41. The van der Waals surface area contributed by atoms with Gasteiger partial charge in [-0.05, 0) is 42.9 Å². The first-order valence-corrected chi connectivity index (χ1v) is 8.29. The lowest BCUT2D eigenvalue weighted by atomic mass is 10.0. The molecule has 0 aliphatic carbocycles. The number of aromatic nitrogens is 2. The summed E-state index contributed by atoms with van der Waals surface area (Å²) in [6, 6.07) is 9.86. The Kier molecular flexibility index (Phi) is 5.10. The van der Waals surface area contributed by atoms with Crippen molar-refractivity contribution in [2.24, 2.45) is 0 Å². The molecule has 0 unspecified atom stereocenters. The maximum absolute atomic E-state index is 11.4. The zero-order chi connectivity index (χ0) is 16.9. The number of pyridine rings is 1. The molecule has 1 aliphatic heterocycles. The van der Waals surface area contributed by atoms with Crippen molar-refractivity contribution < 1.29 is 9.53 Å². The predicted octanol–water partition coefficient (Wildman–Crippen LogP) is 2.34. The van der Waals surface area contributed by atoms with Crippen molar-refractivity contribution in [3.05, 3.63) is 54.1 Å². The predicted molar refractivity (Wildman–Crippen MR) is 94.2 cm³/mol. The van der Waals surface area contributed by atoms with E-state index >= 15 is 0 Å². The van der Waals surface area contributed by atoms with Crippen molar-refractivity contribution >= 4 is 23.3 Å². The van der Waals surface area contributed by atoms with E-state index in [4.69, 9.17) is 17.0 Å². The summed E-state index contributed by atoms with van der Waals surface area (Å²) in [6.07, 6.45) is 4.74. The number of methoxy groups -OCH3 is 1. The van der Waals surface area contributed by atoms with E-state index in [9.17, 15) is 4.79 Å². The molecule has 0 aromatic carbocycles. The molecular formula is C17H20N4O2S. The minimum absolute atomic E-state index is 0.0139. The number of nitrogens with one attached hydrogen (secondary N) is 2. The Bertz CT molecular complexity index is 690. The number of esters is 1. The Hall–Kier alpha value is -2.41. The van der Waals surface area contributed by atoms with E-state index in [1.165, 1.54) is 7.11 Å². The molecule has 7 heteroatoms. The molecule has 0 radical (unpaired) electrons. The van der Waals surface area contributed by atoms with Gasteiger partial charge in [-0.1, -0.05) is 6.07 Å². The van der Waals surface area contributed by atoms with Gasteiger partial charge in [0.1, 0.15) is 0 Å². The molecule has 0 saturated carbocycles. The second-order valence-corrected chi connectivity index (χ2v) is 6.01. The molecule has 3 heterocycles. The number of aromatic amines is 1. The van der Waals surface area contributed by atoms with Gasteiger partial charge in [0.2, 0.25) is 0 Å². The van der Waals surface area contributed by atoms with Crippen LogP contribution in [-0.2, 0) is 9.53 Å². The second-order valence-electron chi connectivity index (χ2n) is 5.63. The van der Waals surface area contributed by atoms with Crippen LogP contribution in [0.5, 0.6) is 0 Å². The van der Waals surface area contributed by atoms with Crippen LogP contribution in [0, 0.1) is 0 Å². The summed E-state index contributed by atoms with van der Waals surface area (Å²) in [5, 5.41) is 4.05. The maximum Gasteiger partial charge on any atom is 0.305 e. The average molecular weight is 344 g/mol. The van der Waals surface area contributed by atoms with Gasteiger partial charge in [-0.15, -0.1) is 0 Å². The zero-order valence-electron chi connectivity index (χ0n) is 13.4. The smallest absolute Gasteiger partial charge is 0.305 e. The molecule has 0 spiro atoms. The van der Waals surface area contributed by atoms with Crippen molar-refractivity contribution in [3.63, 3.8) is 0 Å². The van der Waals surface area contributed by atoms with Gasteiger partial charge in [0.15, 0.2) is 5.11 Å². The number of rotatable bonds is 6. The number of hydrogen-bond acceptors (Lipinski definition) is 4. The van der Waals surface area contributed by atoms with E-state index in [1.807, 2.05) is 36.5 Å². The monoisotopic (exact) mass is 344 g/mol. The second kappa shape index (κ2) is 7.44. The van der Waals surface area contributed by atoms with Crippen LogP contribution in [0.25, 0.3) is 0 Å². The number of ether oxygens (including phenoxy) is 1. The van der Waals surface area contributed by atoms with Crippen molar-refractivity contribution in [1.82, 2.24) is 20.2 Å². The topological polar surface area (TPSA) is 70.2 Å². The maximum atomic E-state index is 11.4. The standard InChI is InChI=1S/C17H20N4O2S/c1-23-14(22)8-5-11-21-16(13-7-4-10-19-13)15(20-17(21)24)12-6-2-3-9-18-12/h2-4,6-7,9-10,15-16,19H,5,8,11H2,1H3,(H,20,24)/t15-,16-/m1/s1. The Balaban J connectivity index is 1.81. The fourth-order valence-electron chi connectivity index (χ4n) is 3.01. The molecule has 2 aromatic heterocycles. The van der Waals surface area contributed by atoms with Crippen LogP contribution in [-0.4, -0.2) is 39.6 Å². The number of thiocarbonyl (C=S) groups is 1. The Morgan fingerprint density at radius 2 is 2.25 bits per heavy atom. The summed E-state index contributed by atoms with van der Waals surface area (Å²) >= 11 is 5.53. The van der Waals surface area contributed by atoms with Gasteiger partial charge in [0, 0.05) is 31.1 Å². The Labute approximate surface area is 146 Å². The van der Waals surface area contributed by atoms with Crippen LogP contribution < -0.4 is 5.32 Å². The fourth-order valence-corrected chi connectivity index (χ4v) is 3.34. The van der Waals surface area contributed by atoms with Crippen molar-refractivity contribution in [1.29, 1.82) is 0 Å². The summed E-state index contributed by atoms with van der Waals surface area (Å²) in [5.74, 6) is -0.203. The SMILES string of the molecule is COC(=O)CCCN1C(=S)N[C@H](c2ccccn2)[C@H]1c1ccc[nH]1. The van der Waals surface area contributed by atoms with Crippen molar-refractivity contribution in [3.8, 4) is 0 Å². The molecule has 0 bridgehead atoms. The number of carbonyl (C=O) groups excluding carboxylic acids is 1. The van der Waals surface area contributed by atoms with E-state index in [-0.39, 0.29) is 18.1 Å². The van der Waals surface area contributed by atoms with E-state index in [1.54, 1.807) is 6.20 Å². The molecule has 3 rings (SSSR count). The number of carbonyl (C=O) groups is 1. The third-order valence-electron chi connectivity index (χ3n) is 4.15. The molecule has 126 valence electrons. The summed E-state index contributed by atoms with van der Waals surface area (Å²) < 4.78 is 4.71. The van der Waals surface area contributed by atoms with Gasteiger partial charge in [-0.25, -0.2) is 0 Å². The van der Waals surface area contributed by atoms with Crippen LogP contribution in [0.4, 0.5) is 0 Å². The molecule has 2 N–H and O–H groups in total. The highest BCUT2D eigenvalue weighted by Crippen LogP contribution is 2.37. The largest absolute Gasteiger partial charge is 0.469 e. The Morgan fingerprint density at radius 1 is 1.38 bits per heavy atom. The lowest BCUT2D eigenvalue weighted by Gasteiger charge is -2.26. The highest BCUT2D eigenvalue weighted by atomic mass is 32.1. The first kappa shape index (κ1) is 16.4. The fraction of sp³-hybridized carbons (Fsp3) is 0.353. The zero-order valence-corrected chi connectivity index (χ0v) is 14.3. The van der Waals surface area contributed by atoms with Gasteiger partial charge in [0.25, 0.3) is 0 Å². The molecule has 0 amide bonds. The lowest BCUT2D eigenvalue weighted by Crippen LogP contribution is -2.31. The van der Waals surface area contributed by atoms with E-state index in [0.29, 0.717) is 24.5 Å². The number of nitrogens with zero attached hydrogens (tertiary/aromatic N) is 2. The van der Waals surface area contributed by atoms with Crippen LogP contribution in [0.1, 0.15) is 36.3 Å². The molecule has 1 saturated heterocycles. The van der Waals surface area contributed by atoms with E-state index in [2.05, 4.69) is 20.2 Å². The van der Waals surface area contributed by atoms with Gasteiger partial charge in [0.05, 0.1) is 24.9 Å². The van der Waals surface area contributed by atoms with Crippen LogP contribution in [0.3, 0.4) is 0 Å². The van der Waals surface area contributed by atoms with Crippen LogP contribution in [0.2, 0.25) is 0 Å². The molecule has 1 fully saturated rings. The van der Waals surface area contributed by atoms with E-state index < -0.39 is 0 Å². The van der Waals surface area contributed by atoms with Crippen LogP contribution in [0.15, 0.2) is 42.7 Å². The van der Waals surface area contributed by atoms with Crippen molar-refractivity contribution in [2.75, 3.05) is 13.7 Å². The molecule has 1 aliphatic rings. The van der Waals surface area contributed by atoms with Gasteiger partial charge in [-0.3, -0.25) is 9.78 Å². The van der Waals surface area contributed by atoms with Gasteiger partial charge in [-0.2, -0.15) is 0 Å².